The molecule has 0 saturated carbocycles. The van der Waals surface area contributed by atoms with E-state index in [9.17, 15) is 4.79 Å². The van der Waals surface area contributed by atoms with Crippen LogP contribution in [0.5, 0.6) is 0 Å². The van der Waals surface area contributed by atoms with Crippen molar-refractivity contribution in [2.45, 2.75) is 0 Å². The van der Waals surface area contributed by atoms with E-state index in [2.05, 4.69) is 17.2 Å². The summed E-state index contributed by atoms with van der Waals surface area (Å²) in [5.41, 5.74) is 0.572. The van der Waals surface area contributed by atoms with Gasteiger partial charge in [-0.1, -0.05) is 29.5 Å². The van der Waals surface area contributed by atoms with E-state index in [1.807, 2.05) is 0 Å². The summed E-state index contributed by atoms with van der Waals surface area (Å²) in [6.45, 7) is 0.0130. The zero-order valence-corrected chi connectivity index (χ0v) is 11.3. The summed E-state index contributed by atoms with van der Waals surface area (Å²) in [5.74, 6) is 5.36. The molecule has 0 unspecified atom stereocenters. The normalized spacial score (nSPS) is 8.35. The first kappa shape index (κ1) is 16.1. The summed E-state index contributed by atoms with van der Waals surface area (Å²) in [5, 5.41) is 3.05. The minimum absolute atomic E-state index is 0. The number of hydrogen-bond acceptors (Lipinski definition) is 2. The third kappa shape index (κ3) is 7.14. The predicted octanol–water partition coefficient (Wildman–Crippen LogP) is 3.13. The molecule has 6 heteroatoms. The summed E-state index contributed by atoms with van der Waals surface area (Å²) < 4.78 is 4.76. The molecule has 17 heavy (non-hydrogen) atoms. The predicted molar refractivity (Wildman–Crippen MR) is 64.9 cm³/mol. The van der Waals surface area contributed by atoms with Crippen molar-refractivity contribution in [3.05, 3.63) is 29.3 Å². The van der Waals surface area contributed by atoms with Crippen molar-refractivity contribution in [1.29, 1.82) is 0 Å². The van der Waals surface area contributed by atoms with E-state index in [0.29, 0.717) is 10.7 Å². The van der Waals surface area contributed by atoms with Crippen LogP contribution in [0.2, 0.25) is 5.02 Å². The van der Waals surface area contributed by atoms with Gasteiger partial charge in [-0.05, 0) is 18.2 Å². The van der Waals surface area contributed by atoms with Gasteiger partial charge in [0.1, 0.15) is 0 Å². The number of benzene rings is 1. The molecule has 1 N–H and O–H groups in total. The monoisotopic (exact) mass is 313 g/mol. The van der Waals surface area contributed by atoms with Crippen LogP contribution in [0.4, 0.5) is 10.5 Å². The molecule has 0 spiro atoms. The molecule has 0 bridgehead atoms. The molecule has 0 radical (unpaired) electrons. The standard InChI is InChI=1S/C11H9Cl2NO2.Fe/c12-6-1-2-7-16-11(15)14-10-5-3-4-9(13)8-10;/h3-5,8H,6-7H2,(H,14,15);. The van der Waals surface area contributed by atoms with Gasteiger partial charge in [0.2, 0.25) is 0 Å². The van der Waals surface area contributed by atoms with Gasteiger partial charge in [0, 0.05) is 27.8 Å². The van der Waals surface area contributed by atoms with E-state index in [1.165, 1.54) is 0 Å². The maximum absolute atomic E-state index is 11.2. The summed E-state index contributed by atoms with van der Waals surface area (Å²) in [7, 11) is 0. The smallest absolute Gasteiger partial charge is 0.412 e. The van der Waals surface area contributed by atoms with Gasteiger partial charge >= 0.3 is 6.09 Å². The van der Waals surface area contributed by atoms with Gasteiger partial charge in [0.25, 0.3) is 0 Å². The second-order valence-corrected chi connectivity index (χ2v) is 3.40. The minimum Gasteiger partial charge on any atom is -0.436 e. The number of rotatable bonds is 2. The fourth-order valence-corrected chi connectivity index (χ4v) is 1.20. The molecule has 3 nitrogen and oxygen atoms in total. The number of ether oxygens (including phenoxy) is 1. The van der Waals surface area contributed by atoms with E-state index < -0.39 is 6.09 Å². The van der Waals surface area contributed by atoms with E-state index in [1.54, 1.807) is 24.3 Å². The van der Waals surface area contributed by atoms with Crippen LogP contribution in [0.15, 0.2) is 24.3 Å². The van der Waals surface area contributed by atoms with Crippen molar-refractivity contribution in [3.8, 4) is 11.8 Å². The van der Waals surface area contributed by atoms with Gasteiger partial charge in [0.05, 0.1) is 5.88 Å². The molecule has 1 amide bonds. The van der Waals surface area contributed by atoms with Crippen molar-refractivity contribution < 1.29 is 26.6 Å². The van der Waals surface area contributed by atoms with E-state index in [-0.39, 0.29) is 29.6 Å². The first-order valence-electron chi connectivity index (χ1n) is 4.43. The molecular formula is C11H9Cl2FeNO2. The Labute approximate surface area is 120 Å². The summed E-state index contributed by atoms with van der Waals surface area (Å²) in [6.07, 6.45) is -0.578. The van der Waals surface area contributed by atoms with Crippen LogP contribution in [0.1, 0.15) is 0 Å². The third-order valence-corrected chi connectivity index (χ3v) is 1.91. The van der Waals surface area contributed by atoms with Crippen molar-refractivity contribution in [1.82, 2.24) is 0 Å². The molecule has 1 aromatic carbocycles. The van der Waals surface area contributed by atoms with Gasteiger partial charge in [-0.15, -0.1) is 11.6 Å². The van der Waals surface area contributed by atoms with Gasteiger partial charge in [-0.3, -0.25) is 5.32 Å². The molecule has 1 aromatic rings. The Morgan fingerprint density at radius 3 is 2.82 bits per heavy atom. The van der Waals surface area contributed by atoms with Gasteiger partial charge in [-0.25, -0.2) is 4.79 Å². The molecular weight excluding hydrogens is 305 g/mol. The van der Waals surface area contributed by atoms with Crippen LogP contribution in [0.25, 0.3) is 0 Å². The Balaban J connectivity index is 0.00000256. The number of nitrogens with one attached hydrogen (secondary N) is 1. The average molecular weight is 314 g/mol. The van der Waals surface area contributed by atoms with Crippen LogP contribution in [0.3, 0.4) is 0 Å². The fourth-order valence-electron chi connectivity index (χ4n) is 0.920. The molecule has 1 rings (SSSR count). The quantitative estimate of drug-likeness (QED) is 0.517. The third-order valence-electron chi connectivity index (χ3n) is 1.54. The number of anilines is 1. The minimum atomic E-state index is -0.578. The summed E-state index contributed by atoms with van der Waals surface area (Å²) >= 11 is 11.1. The van der Waals surface area contributed by atoms with E-state index in [4.69, 9.17) is 27.9 Å². The van der Waals surface area contributed by atoms with Crippen LogP contribution in [-0.4, -0.2) is 18.6 Å². The van der Waals surface area contributed by atoms with Crippen LogP contribution in [0, 0.1) is 11.8 Å². The molecule has 0 heterocycles. The Morgan fingerprint density at radius 1 is 1.41 bits per heavy atom. The Morgan fingerprint density at radius 2 is 2.18 bits per heavy atom. The molecule has 0 aromatic heterocycles. The molecule has 92 valence electrons. The molecule has 0 aliphatic rings. The van der Waals surface area contributed by atoms with E-state index >= 15 is 0 Å². The molecule has 0 fully saturated rings. The maximum Gasteiger partial charge on any atom is 0.412 e. The van der Waals surface area contributed by atoms with Gasteiger partial charge < -0.3 is 4.74 Å². The second-order valence-electron chi connectivity index (χ2n) is 2.70. The largest absolute Gasteiger partial charge is 0.436 e. The van der Waals surface area contributed by atoms with Crippen molar-refractivity contribution in [2.24, 2.45) is 0 Å². The van der Waals surface area contributed by atoms with E-state index in [0.717, 1.165) is 0 Å². The number of alkyl halides is 1. The number of carbonyl (C=O) groups excluding carboxylic acids is 1. The first-order chi connectivity index (χ1) is 7.72. The Kier molecular flexibility index (Phi) is 8.75. The zero-order valence-electron chi connectivity index (χ0n) is 8.65. The SMILES string of the molecule is O=C(Nc1cccc(Cl)c1)OCC#CCCl.[Fe]. The maximum atomic E-state index is 11.2. The second kappa shape index (κ2) is 9.21. The summed E-state index contributed by atoms with van der Waals surface area (Å²) in [4.78, 5) is 11.2. The number of halogens is 2. The topological polar surface area (TPSA) is 38.3 Å². The van der Waals surface area contributed by atoms with Crippen molar-refractivity contribution in [2.75, 3.05) is 17.8 Å². The Hall–Kier alpha value is -0.851. The molecule has 0 saturated heterocycles. The molecule has 0 atom stereocenters. The fraction of sp³-hybridized carbons (Fsp3) is 0.182. The molecule has 0 aliphatic heterocycles. The van der Waals surface area contributed by atoms with Crippen LogP contribution >= 0.6 is 23.2 Å². The summed E-state index contributed by atoms with van der Waals surface area (Å²) in [6, 6.07) is 6.76. The number of hydrogen-bond donors (Lipinski definition) is 1. The van der Waals surface area contributed by atoms with Gasteiger partial charge in [-0.2, -0.15) is 0 Å². The number of amides is 1. The van der Waals surface area contributed by atoms with Crippen LogP contribution in [-0.2, 0) is 21.8 Å². The zero-order chi connectivity index (χ0) is 11.8. The first-order valence-corrected chi connectivity index (χ1v) is 5.34. The van der Waals surface area contributed by atoms with Crippen molar-refractivity contribution in [3.63, 3.8) is 0 Å². The van der Waals surface area contributed by atoms with Crippen LogP contribution < -0.4 is 5.32 Å². The average Bonchev–Trinajstić information content (AvgIpc) is 2.24. The molecule has 0 aliphatic carbocycles. The number of carbonyl (C=O) groups is 1. The Bertz CT molecular complexity index is 429. The van der Waals surface area contributed by atoms with Gasteiger partial charge in [0.15, 0.2) is 6.61 Å². The van der Waals surface area contributed by atoms with Crippen molar-refractivity contribution >= 4 is 35.0 Å².